The van der Waals surface area contributed by atoms with Crippen LogP contribution in [0.5, 0.6) is 5.75 Å². The predicted octanol–water partition coefficient (Wildman–Crippen LogP) is 1.17. The molecule has 1 unspecified atom stereocenters. The summed E-state index contributed by atoms with van der Waals surface area (Å²) in [6.07, 6.45) is 0.631. The van der Waals surface area contributed by atoms with Crippen molar-refractivity contribution in [1.29, 1.82) is 0 Å². The molecule has 2 aliphatic rings. The van der Waals surface area contributed by atoms with Crippen molar-refractivity contribution in [3.63, 3.8) is 0 Å². The van der Waals surface area contributed by atoms with E-state index in [0.29, 0.717) is 31.8 Å². The third-order valence-corrected chi connectivity index (χ3v) is 4.20. The number of fused-ring (bicyclic) bond motifs is 1. The minimum absolute atomic E-state index is 0. The van der Waals surface area contributed by atoms with Crippen molar-refractivity contribution in [3.05, 3.63) is 24.3 Å². The number of nitrogens with zero attached hydrogens (tertiary/aromatic N) is 2. The maximum absolute atomic E-state index is 12.3. The van der Waals surface area contributed by atoms with Gasteiger partial charge in [-0.25, -0.2) is 0 Å². The highest BCUT2D eigenvalue weighted by atomic mass is 35.5. The van der Waals surface area contributed by atoms with Crippen molar-refractivity contribution in [2.24, 2.45) is 5.73 Å². The first-order chi connectivity index (χ1) is 10.6. The van der Waals surface area contributed by atoms with Crippen molar-refractivity contribution in [3.8, 4) is 5.75 Å². The fraction of sp³-hybridized carbons (Fsp3) is 0.500. The van der Waals surface area contributed by atoms with Crippen LogP contribution in [0.2, 0.25) is 0 Å². The number of hydrogen-bond acceptors (Lipinski definition) is 4. The lowest BCUT2D eigenvalue weighted by molar-refractivity contribution is -0.130. The van der Waals surface area contributed by atoms with Crippen molar-refractivity contribution in [2.75, 3.05) is 24.5 Å². The number of likely N-dealkylation sites (tertiary alicyclic amines) is 1. The van der Waals surface area contributed by atoms with Crippen molar-refractivity contribution in [1.82, 2.24) is 4.90 Å². The third-order valence-electron chi connectivity index (χ3n) is 4.20. The summed E-state index contributed by atoms with van der Waals surface area (Å²) in [7, 11) is 0. The van der Waals surface area contributed by atoms with Gasteiger partial charge >= 0.3 is 0 Å². The van der Waals surface area contributed by atoms with E-state index in [2.05, 4.69) is 0 Å². The molecule has 0 aliphatic carbocycles. The Kier molecular flexibility index (Phi) is 5.49. The molecule has 0 radical (unpaired) electrons. The lowest BCUT2D eigenvalue weighted by Crippen LogP contribution is -2.46. The number of ether oxygens (including phenoxy) is 1. The van der Waals surface area contributed by atoms with E-state index in [1.165, 1.54) is 0 Å². The number of rotatable bonds is 3. The van der Waals surface area contributed by atoms with Crippen LogP contribution < -0.4 is 15.4 Å². The van der Waals surface area contributed by atoms with Gasteiger partial charge in [-0.05, 0) is 25.5 Å². The van der Waals surface area contributed by atoms with Gasteiger partial charge in [0.15, 0.2) is 6.10 Å². The Morgan fingerprint density at radius 3 is 2.83 bits per heavy atom. The van der Waals surface area contributed by atoms with E-state index >= 15 is 0 Å². The fourth-order valence-corrected chi connectivity index (χ4v) is 2.97. The highest BCUT2D eigenvalue weighted by Gasteiger charge is 2.32. The number of nitrogens with two attached hydrogens (primary N) is 1. The minimum atomic E-state index is -0.523. The molecule has 1 aromatic rings. The summed E-state index contributed by atoms with van der Waals surface area (Å²) in [6.45, 7) is 3.42. The fourth-order valence-electron chi connectivity index (χ4n) is 2.97. The maximum atomic E-state index is 12.3. The van der Waals surface area contributed by atoms with Crippen LogP contribution in [0.25, 0.3) is 0 Å². The molecular weight excluding hydrogens is 318 g/mol. The smallest absolute Gasteiger partial charge is 0.267 e. The third kappa shape index (κ3) is 3.59. The Labute approximate surface area is 142 Å². The van der Waals surface area contributed by atoms with Gasteiger partial charge in [-0.15, -0.1) is 12.4 Å². The van der Waals surface area contributed by atoms with Gasteiger partial charge in [0.1, 0.15) is 5.75 Å². The minimum Gasteiger partial charge on any atom is -0.479 e. The molecule has 7 heteroatoms. The SMILES string of the molecule is CC1Oc2ccccc2N(CCC(=O)N2CC[C@@H](N)C2)C1=O.Cl. The average molecular weight is 340 g/mol. The molecule has 0 spiro atoms. The van der Waals surface area contributed by atoms with Gasteiger partial charge < -0.3 is 20.3 Å². The maximum Gasteiger partial charge on any atom is 0.267 e. The zero-order valence-electron chi connectivity index (χ0n) is 13.1. The van der Waals surface area contributed by atoms with Gasteiger partial charge in [-0.1, -0.05) is 12.1 Å². The van der Waals surface area contributed by atoms with Gasteiger partial charge in [-0.3, -0.25) is 9.59 Å². The van der Waals surface area contributed by atoms with Crippen LogP contribution in [0, 0.1) is 0 Å². The van der Waals surface area contributed by atoms with E-state index in [-0.39, 0.29) is 30.3 Å². The monoisotopic (exact) mass is 339 g/mol. The Morgan fingerprint density at radius 1 is 1.39 bits per heavy atom. The van der Waals surface area contributed by atoms with Crippen LogP contribution in [0.3, 0.4) is 0 Å². The Hall–Kier alpha value is -1.79. The number of carbonyl (C=O) groups excluding carboxylic acids is 2. The van der Waals surface area contributed by atoms with E-state index in [0.717, 1.165) is 12.1 Å². The van der Waals surface area contributed by atoms with Crippen molar-refractivity contribution < 1.29 is 14.3 Å². The number of para-hydroxylation sites is 2. The number of amides is 2. The standard InChI is InChI=1S/C16H21N3O3.ClH/c1-11-16(21)19(13-4-2-3-5-14(13)22-11)9-7-15(20)18-8-6-12(17)10-18;/h2-5,11-12H,6-10,17H2,1H3;1H/t11?,12-;/m1./s1. The topological polar surface area (TPSA) is 75.9 Å². The highest BCUT2D eigenvalue weighted by Crippen LogP contribution is 2.33. The molecule has 2 heterocycles. The first kappa shape index (κ1) is 17.6. The van der Waals surface area contributed by atoms with Crippen LogP contribution in [-0.2, 0) is 9.59 Å². The number of anilines is 1. The first-order valence-corrected chi connectivity index (χ1v) is 7.66. The van der Waals surface area contributed by atoms with Crippen LogP contribution in [0.1, 0.15) is 19.8 Å². The lowest BCUT2D eigenvalue weighted by atomic mass is 10.1. The molecular formula is C16H22ClN3O3. The van der Waals surface area contributed by atoms with Crippen LogP contribution in [0.4, 0.5) is 5.69 Å². The van der Waals surface area contributed by atoms with E-state index in [1.807, 2.05) is 24.3 Å². The summed E-state index contributed by atoms with van der Waals surface area (Å²) in [4.78, 5) is 28.0. The molecule has 2 aliphatic heterocycles. The molecule has 0 saturated carbocycles. The Balaban J connectivity index is 0.00000192. The van der Waals surface area contributed by atoms with Gasteiger partial charge in [0, 0.05) is 32.1 Å². The van der Waals surface area contributed by atoms with Gasteiger partial charge in [0.25, 0.3) is 5.91 Å². The molecule has 1 saturated heterocycles. The molecule has 1 aromatic carbocycles. The second kappa shape index (κ2) is 7.19. The molecule has 0 aromatic heterocycles. The number of benzene rings is 1. The Morgan fingerprint density at radius 2 is 2.13 bits per heavy atom. The second-order valence-corrected chi connectivity index (χ2v) is 5.86. The molecule has 2 atom stereocenters. The molecule has 1 fully saturated rings. The van der Waals surface area contributed by atoms with Crippen LogP contribution in [0.15, 0.2) is 24.3 Å². The normalized spacial score (nSPS) is 23.1. The summed E-state index contributed by atoms with van der Waals surface area (Å²) >= 11 is 0. The summed E-state index contributed by atoms with van der Waals surface area (Å²) in [5.41, 5.74) is 6.56. The van der Waals surface area contributed by atoms with Gasteiger partial charge in [0.2, 0.25) is 5.91 Å². The number of hydrogen-bond donors (Lipinski definition) is 1. The lowest BCUT2D eigenvalue weighted by Gasteiger charge is -2.33. The summed E-state index contributed by atoms with van der Waals surface area (Å²) in [5, 5.41) is 0. The van der Waals surface area contributed by atoms with Crippen molar-refractivity contribution in [2.45, 2.75) is 31.9 Å². The summed E-state index contributed by atoms with van der Waals surface area (Å²) < 4.78 is 5.59. The molecule has 0 bridgehead atoms. The second-order valence-electron chi connectivity index (χ2n) is 5.86. The van der Waals surface area contributed by atoms with E-state index in [4.69, 9.17) is 10.5 Å². The molecule has 2 N–H and O–H groups in total. The molecule has 2 amide bonds. The first-order valence-electron chi connectivity index (χ1n) is 7.66. The van der Waals surface area contributed by atoms with Gasteiger partial charge in [0.05, 0.1) is 5.69 Å². The molecule has 6 nitrogen and oxygen atoms in total. The zero-order valence-corrected chi connectivity index (χ0v) is 13.9. The number of halogens is 1. The average Bonchev–Trinajstić information content (AvgIpc) is 2.94. The van der Waals surface area contributed by atoms with Crippen LogP contribution in [-0.4, -0.2) is 48.5 Å². The van der Waals surface area contributed by atoms with E-state index in [1.54, 1.807) is 16.7 Å². The highest BCUT2D eigenvalue weighted by molar-refractivity contribution is 6.00. The van der Waals surface area contributed by atoms with Crippen molar-refractivity contribution >= 4 is 29.9 Å². The zero-order chi connectivity index (χ0) is 15.7. The van der Waals surface area contributed by atoms with E-state index in [9.17, 15) is 9.59 Å². The van der Waals surface area contributed by atoms with E-state index < -0.39 is 6.10 Å². The number of carbonyl (C=O) groups is 2. The molecule has 23 heavy (non-hydrogen) atoms. The summed E-state index contributed by atoms with van der Waals surface area (Å²) in [5.74, 6) is 0.632. The quantitative estimate of drug-likeness (QED) is 0.897. The Bertz CT molecular complexity index is 596. The predicted molar refractivity (Wildman–Crippen MR) is 89.9 cm³/mol. The van der Waals surface area contributed by atoms with Gasteiger partial charge in [-0.2, -0.15) is 0 Å². The molecule has 3 rings (SSSR count). The van der Waals surface area contributed by atoms with Crippen LogP contribution >= 0.6 is 12.4 Å². The summed E-state index contributed by atoms with van der Waals surface area (Å²) in [6, 6.07) is 7.49. The largest absolute Gasteiger partial charge is 0.479 e. The molecule has 126 valence electrons.